The van der Waals surface area contributed by atoms with Crippen molar-refractivity contribution in [3.8, 4) is 0 Å². The molecule has 1 heterocycles. The zero-order valence-corrected chi connectivity index (χ0v) is 11.5. The first-order valence-corrected chi connectivity index (χ1v) is 6.92. The minimum atomic E-state index is 0.418. The predicted molar refractivity (Wildman–Crippen MR) is 81.5 cm³/mol. The Morgan fingerprint density at radius 1 is 0.947 bits per heavy atom. The maximum absolute atomic E-state index is 2.46. The summed E-state index contributed by atoms with van der Waals surface area (Å²) in [5.74, 6) is 0. The monoisotopic (exact) mass is 249 g/mol. The van der Waals surface area contributed by atoms with Gasteiger partial charge in [-0.15, -0.1) is 0 Å². The van der Waals surface area contributed by atoms with E-state index in [0.29, 0.717) is 6.04 Å². The summed E-state index contributed by atoms with van der Waals surface area (Å²) in [6, 6.07) is 22.1. The Bertz CT molecular complexity index is 679. The summed E-state index contributed by atoms with van der Waals surface area (Å²) in [7, 11) is 0. The number of aromatic nitrogens is 1. The van der Waals surface area contributed by atoms with Gasteiger partial charge in [-0.2, -0.15) is 0 Å². The highest BCUT2D eigenvalue weighted by atomic mass is 15.0. The van der Waals surface area contributed by atoms with E-state index in [4.69, 9.17) is 0 Å². The van der Waals surface area contributed by atoms with Crippen LogP contribution in [0.2, 0.25) is 0 Å². The average Bonchev–Trinajstić information content (AvgIpc) is 2.78. The highest BCUT2D eigenvalue weighted by Crippen LogP contribution is 2.29. The molecule has 0 bridgehead atoms. The first-order chi connectivity index (χ1) is 9.31. The van der Waals surface area contributed by atoms with E-state index < -0.39 is 0 Å². The molecule has 0 N–H and O–H groups in total. The van der Waals surface area contributed by atoms with Gasteiger partial charge in [0.25, 0.3) is 0 Å². The molecule has 0 spiro atoms. The number of fused-ring (bicyclic) bond motifs is 1. The van der Waals surface area contributed by atoms with Crippen molar-refractivity contribution >= 4 is 10.9 Å². The molecule has 1 aromatic heterocycles. The van der Waals surface area contributed by atoms with Gasteiger partial charge >= 0.3 is 0 Å². The Kier molecular flexibility index (Phi) is 3.12. The Balaban J connectivity index is 2.19. The summed E-state index contributed by atoms with van der Waals surface area (Å²) in [5.41, 5.74) is 4.04. The second kappa shape index (κ2) is 4.93. The summed E-state index contributed by atoms with van der Waals surface area (Å²) >= 11 is 0. The summed E-state index contributed by atoms with van der Waals surface area (Å²) < 4.78 is 2.46. The van der Waals surface area contributed by atoms with E-state index in [0.717, 1.165) is 6.42 Å². The van der Waals surface area contributed by atoms with Crippen LogP contribution in [0.5, 0.6) is 0 Å². The molecule has 3 rings (SSSR count). The van der Waals surface area contributed by atoms with Gasteiger partial charge in [0.15, 0.2) is 0 Å². The molecule has 0 radical (unpaired) electrons. The molecule has 96 valence electrons. The number of hydrogen-bond acceptors (Lipinski definition) is 0. The van der Waals surface area contributed by atoms with E-state index in [2.05, 4.69) is 79.1 Å². The fourth-order valence-electron chi connectivity index (χ4n) is 2.97. The average molecular weight is 249 g/mol. The third-order valence-corrected chi connectivity index (χ3v) is 3.82. The van der Waals surface area contributed by atoms with Crippen molar-refractivity contribution in [3.63, 3.8) is 0 Å². The fourth-order valence-corrected chi connectivity index (χ4v) is 2.97. The molecule has 0 aliphatic rings. The number of aryl methyl sites for hydroxylation is 1. The molecule has 0 saturated heterocycles. The summed E-state index contributed by atoms with van der Waals surface area (Å²) in [6.45, 7) is 4.46. The van der Waals surface area contributed by atoms with Gasteiger partial charge in [0, 0.05) is 11.2 Å². The lowest BCUT2D eigenvalue weighted by Gasteiger charge is -2.21. The molecule has 0 aliphatic carbocycles. The second-order valence-electron chi connectivity index (χ2n) is 5.05. The van der Waals surface area contributed by atoms with E-state index in [1.165, 1.54) is 22.2 Å². The quantitative estimate of drug-likeness (QED) is 0.619. The molecular formula is C18H19N. The van der Waals surface area contributed by atoms with Gasteiger partial charge in [0.1, 0.15) is 0 Å². The summed E-state index contributed by atoms with van der Waals surface area (Å²) in [5, 5.41) is 1.33. The van der Waals surface area contributed by atoms with E-state index in [9.17, 15) is 0 Å². The zero-order valence-electron chi connectivity index (χ0n) is 11.5. The predicted octanol–water partition coefficient (Wildman–Crippen LogP) is 4.95. The van der Waals surface area contributed by atoms with Crippen LogP contribution in [0.15, 0.2) is 60.7 Å². The van der Waals surface area contributed by atoms with Crippen LogP contribution in [0.4, 0.5) is 0 Å². The Labute approximate surface area is 114 Å². The Hall–Kier alpha value is -2.02. The zero-order chi connectivity index (χ0) is 13.2. The number of nitrogens with zero attached hydrogens (tertiary/aromatic N) is 1. The molecule has 1 heteroatoms. The van der Waals surface area contributed by atoms with E-state index in [1.807, 2.05) is 0 Å². The van der Waals surface area contributed by atoms with Gasteiger partial charge in [0.2, 0.25) is 0 Å². The minimum Gasteiger partial charge on any atom is -0.337 e. The van der Waals surface area contributed by atoms with Gasteiger partial charge in [-0.25, -0.2) is 0 Å². The lowest BCUT2D eigenvalue weighted by Crippen LogP contribution is -2.10. The smallest absolute Gasteiger partial charge is 0.0585 e. The number of benzene rings is 2. The molecular weight excluding hydrogens is 230 g/mol. The topological polar surface area (TPSA) is 4.93 Å². The van der Waals surface area contributed by atoms with Crippen LogP contribution in [0.3, 0.4) is 0 Å². The Morgan fingerprint density at radius 2 is 1.63 bits per heavy atom. The maximum atomic E-state index is 2.46. The molecule has 1 nitrogen and oxygen atoms in total. The lowest BCUT2D eigenvalue weighted by molar-refractivity contribution is 0.573. The highest BCUT2D eigenvalue weighted by Gasteiger charge is 2.15. The Morgan fingerprint density at radius 3 is 2.37 bits per heavy atom. The molecule has 1 atom stereocenters. The van der Waals surface area contributed by atoms with Gasteiger partial charge in [-0.3, -0.25) is 0 Å². The number of rotatable bonds is 3. The van der Waals surface area contributed by atoms with E-state index >= 15 is 0 Å². The molecule has 0 aliphatic heterocycles. The van der Waals surface area contributed by atoms with Crippen molar-refractivity contribution in [3.05, 3.63) is 71.9 Å². The SMILES string of the molecule is CCC(c1ccccc1)n1c(C)cc2ccccc21. The second-order valence-corrected chi connectivity index (χ2v) is 5.05. The first kappa shape index (κ1) is 12.0. The van der Waals surface area contributed by atoms with E-state index in [1.54, 1.807) is 0 Å². The third-order valence-electron chi connectivity index (χ3n) is 3.82. The van der Waals surface area contributed by atoms with E-state index in [-0.39, 0.29) is 0 Å². The lowest BCUT2D eigenvalue weighted by atomic mass is 10.0. The van der Waals surface area contributed by atoms with Crippen molar-refractivity contribution in [2.45, 2.75) is 26.3 Å². The molecule has 0 amide bonds. The van der Waals surface area contributed by atoms with Crippen LogP contribution in [-0.4, -0.2) is 4.57 Å². The molecule has 2 aromatic carbocycles. The van der Waals surface area contributed by atoms with Crippen LogP contribution >= 0.6 is 0 Å². The largest absolute Gasteiger partial charge is 0.337 e. The standard InChI is InChI=1S/C18H19N/c1-3-17(15-9-5-4-6-10-15)19-14(2)13-16-11-7-8-12-18(16)19/h4-13,17H,3H2,1-2H3. The van der Waals surface area contributed by atoms with Crippen LogP contribution in [0.25, 0.3) is 10.9 Å². The molecule has 0 saturated carbocycles. The van der Waals surface area contributed by atoms with Gasteiger partial charge in [-0.05, 0) is 36.4 Å². The maximum Gasteiger partial charge on any atom is 0.0585 e. The van der Waals surface area contributed by atoms with Gasteiger partial charge < -0.3 is 4.57 Å². The fraction of sp³-hybridized carbons (Fsp3) is 0.222. The third kappa shape index (κ3) is 2.06. The van der Waals surface area contributed by atoms with Crippen molar-refractivity contribution in [2.75, 3.05) is 0 Å². The normalized spacial score (nSPS) is 12.7. The molecule has 3 aromatic rings. The molecule has 1 unspecified atom stereocenters. The van der Waals surface area contributed by atoms with Crippen LogP contribution in [0, 0.1) is 6.92 Å². The van der Waals surface area contributed by atoms with Gasteiger partial charge in [0.05, 0.1) is 6.04 Å². The minimum absolute atomic E-state index is 0.418. The number of hydrogen-bond donors (Lipinski definition) is 0. The highest BCUT2D eigenvalue weighted by molar-refractivity contribution is 5.81. The summed E-state index contributed by atoms with van der Waals surface area (Å²) in [4.78, 5) is 0. The summed E-state index contributed by atoms with van der Waals surface area (Å²) in [6.07, 6.45) is 1.10. The van der Waals surface area contributed by atoms with Crippen molar-refractivity contribution in [1.29, 1.82) is 0 Å². The first-order valence-electron chi connectivity index (χ1n) is 6.92. The van der Waals surface area contributed by atoms with Crippen molar-refractivity contribution in [1.82, 2.24) is 4.57 Å². The van der Waals surface area contributed by atoms with Crippen LogP contribution in [0.1, 0.15) is 30.6 Å². The number of para-hydroxylation sites is 1. The van der Waals surface area contributed by atoms with Crippen molar-refractivity contribution < 1.29 is 0 Å². The van der Waals surface area contributed by atoms with Gasteiger partial charge in [-0.1, -0.05) is 55.5 Å². The molecule has 19 heavy (non-hydrogen) atoms. The van der Waals surface area contributed by atoms with Crippen LogP contribution < -0.4 is 0 Å². The van der Waals surface area contributed by atoms with Crippen molar-refractivity contribution in [2.24, 2.45) is 0 Å². The van der Waals surface area contributed by atoms with Crippen LogP contribution in [-0.2, 0) is 0 Å². The molecule has 0 fully saturated rings.